The zero-order valence-electron chi connectivity index (χ0n) is 6.66. The third-order valence-electron chi connectivity index (χ3n) is 1.35. The van der Waals surface area contributed by atoms with Crippen LogP contribution < -0.4 is 0 Å². The normalized spacial score (nSPS) is 8.67. The van der Waals surface area contributed by atoms with Gasteiger partial charge >= 0.3 is 27.3 Å². The maximum atomic E-state index is 3.78. The molecule has 0 atom stereocenters. The average molecular weight is 322 g/mol. The third-order valence-corrected chi connectivity index (χ3v) is 1.35. The Hall–Kier alpha value is 0.922. The number of hydrogen-bond acceptors (Lipinski definition) is 0. The van der Waals surface area contributed by atoms with Crippen LogP contribution in [0.3, 0.4) is 0 Å². The molecular weight excluding hydrogens is 303 g/mol. The van der Waals surface area contributed by atoms with Crippen LogP contribution in [0.1, 0.15) is 45.4 Å². The van der Waals surface area contributed by atoms with E-state index in [9.17, 15) is 0 Å². The monoisotopic (exact) mass is 323 g/mol. The van der Waals surface area contributed by atoms with Crippen molar-refractivity contribution in [2.75, 3.05) is 0 Å². The number of unbranched alkanes of at least 4 members (excludes halogenated alkanes) is 5. The molecule has 0 nitrogen and oxygen atoms in total. The maximum absolute atomic E-state index is 3.78. The molecule has 0 aromatic heterocycles. The van der Waals surface area contributed by atoms with E-state index in [0.29, 0.717) is 0 Å². The van der Waals surface area contributed by atoms with Gasteiger partial charge in [-0.2, -0.15) is 0 Å². The van der Waals surface area contributed by atoms with Gasteiger partial charge in [0, 0.05) is 0 Å². The first-order valence-electron chi connectivity index (χ1n) is 3.71. The summed E-state index contributed by atoms with van der Waals surface area (Å²) in [6, 6.07) is 0. The van der Waals surface area contributed by atoms with Gasteiger partial charge in [0.1, 0.15) is 0 Å². The molecule has 55 valence electrons. The van der Waals surface area contributed by atoms with Crippen molar-refractivity contribution in [1.29, 1.82) is 0 Å². The van der Waals surface area contributed by atoms with Gasteiger partial charge in [0.05, 0.1) is 0 Å². The van der Waals surface area contributed by atoms with Crippen LogP contribution in [-0.2, 0) is 0 Å². The quantitative estimate of drug-likeness (QED) is 0.538. The molecule has 0 saturated carbocycles. The Morgan fingerprint density at radius 3 is 2.00 bits per heavy atom. The van der Waals surface area contributed by atoms with Crippen molar-refractivity contribution in [3.63, 3.8) is 0 Å². The van der Waals surface area contributed by atoms with Crippen molar-refractivity contribution in [2.45, 2.75) is 45.4 Å². The second kappa shape index (κ2) is 11.7. The van der Waals surface area contributed by atoms with Gasteiger partial charge in [0.25, 0.3) is 0 Å². The minimum absolute atomic E-state index is 0. The van der Waals surface area contributed by atoms with Crippen molar-refractivity contribution in [2.24, 2.45) is 0 Å². The molecular formula is C8H19Pb. The van der Waals surface area contributed by atoms with Crippen LogP contribution in [-0.4, -0.2) is 27.3 Å². The average Bonchev–Trinajstić information content (AvgIpc) is 1.81. The Morgan fingerprint density at radius 1 is 1.00 bits per heavy atom. The summed E-state index contributed by atoms with van der Waals surface area (Å²) in [5.74, 6) is 0. The van der Waals surface area contributed by atoms with Crippen LogP contribution in [0.5, 0.6) is 0 Å². The zero-order valence-corrected chi connectivity index (χ0v) is 12.2. The van der Waals surface area contributed by atoms with E-state index in [-0.39, 0.29) is 27.3 Å². The van der Waals surface area contributed by atoms with Gasteiger partial charge in [0.2, 0.25) is 0 Å². The summed E-state index contributed by atoms with van der Waals surface area (Å²) in [5, 5.41) is 0. The molecule has 0 spiro atoms. The third kappa shape index (κ3) is 12.2. The van der Waals surface area contributed by atoms with Gasteiger partial charge in [-0.15, -0.1) is 0 Å². The van der Waals surface area contributed by atoms with Gasteiger partial charge in [-0.25, -0.2) is 0 Å². The first kappa shape index (κ1) is 12.6. The second-order valence-electron chi connectivity index (χ2n) is 2.27. The summed E-state index contributed by atoms with van der Waals surface area (Å²) in [7, 11) is 0. The molecule has 0 aromatic carbocycles. The van der Waals surface area contributed by atoms with Crippen LogP contribution in [0.4, 0.5) is 0 Å². The van der Waals surface area contributed by atoms with Gasteiger partial charge in [-0.05, 0) is 0 Å². The molecule has 0 saturated heterocycles. The molecule has 9 heavy (non-hydrogen) atoms. The van der Waals surface area contributed by atoms with Gasteiger partial charge in [-0.1, -0.05) is 52.4 Å². The first-order valence-corrected chi connectivity index (χ1v) is 3.71. The molecule has 0 aliphatic heterocycles. The molecule has 0 rings (SSSR count). The van der Waals surface area contributed by atoms with E-state index >= 15 is 0 Å². The Labute approximate surface area is 79.6 Å². The molecule has 0 aromatic rings. The van der Waals surface area contributed by atoms with E-state index in [2.05, 4.69) is 13.8 Å². The van der Waals surface area contributed by atoms with Gasteiger partial charge < -0.3 is 0 Å². The van der Waals surface area contributed by atoms with Crippen LogP contribution in [0, 0.1) is 6.92 Å². The summed E-state index contributed by atoms with van der Waals surface area (Å²) >= 11 is 0. The summed E-state index contributed by atoms with van der Waals surface area (Å²) in [5.41, 5.74) is 0. The minimum atomic E-state index is 0. The van der Waals surface area contributed by atoms with Crippen molar-refractivity contribution in [3.8, 4) is 0 Å². The van der Waals surface area contributed by atoms with Gasteiger partial charge in [-0.3, -0.25) is 0 Å². The Balaban J connectivity index is 0. The van der Waals surface area contributed by atoms with Gasteiger partial charge in [0.15, 0.2) is 0 Å². The van der Waals surface area contributed by atoms with Crippen LogP contribution in [0.25, 0.3) is 0 Å². The molecule has 0 aliphatic carbocycles. The van der Waals surface area contributed by atoms with Crippen molar-refractivity contribution < 1.29 is 0 Å². The molecule has 0 bridgehead atoms. The summed E-state index contributed by atoms with van der Waals surface area (Å²) < 4.78 is 0. The van der Waals surface area contributed by atoms with E-state index in [4.69, 9.17) is 0 Å². The Morgan fingerprint density at radius 2 is 1.56 bits per heavy atom. The van der Waals surface area contributed by atoms with Crippen molar-refractivity contribution >= 4 is 27.3 Å². The molecule has 0 unspecified atom stereocenters. The summed E-state index contributed by atoms with van der Waals surface area (Å²) in [6.07, 6.45) is 7.98. The van der Waals surface area contributed by atoms with E-state index in [1.165, 1.54) is 32.1 Å². The predicted octanol–water partition coefficient (Wildman–Crippen LogP) is 2.26. The zero-order chi connectivity index (χ0) is 6.24. The molecule has 0 fully saturated rings. The molecule has 3 radical (unpaired) electrons. The van der Waals surface area contributed by atoms with Crippen molar-refractivity contribution in [1.82, 2.24) is 0 Å². The fourth-order valence-electron chi connectivity index (χ4n) is 0.780. The first-order chi connectivity index (χ1) is 3.91. The van der Waals surface area contributed by atoms with E-state index in [1.54, 1.807) is 0 Å². The topological polar surface area (TPSA) is 0 Å². The molecule has 0 N–H and O–H groups in total. The molecule has 0 heterocycles. The predicted molar refractivity (Wildman–Crippen MR) is 47.3 cm³/mol. The second-order valence-corrected chi connectivity index (χ2v) is 2.27. The Bertz CT molecular complexity index is 29.5. The SMILES string of the molecule is [CH2]CCCCCCC.[PbH2]. The van der Waals surface area contributed by atoms with Crippen LogP contribution in [0.15, 0.2) is 0 Å². The van der Waals surface area contributed by atoms with E-state index in [1.807, 2.05) is 0 Å². The molecule has 1 heteroatoms. The summed E-state index contributed by atoms with van der Waals surface area (Å²) in [6.45, 7) is 6.02. The van der Waals surface area contributed by atoms with Crippen LogP contribution >= 0.6 is 0 Å². The van der Waals surface area contributed by atoms with Crippen molar-refractivity contribution in [3.05, 3.63) is 6.92 Å². The molecule has 0 amide bonds. The molecule has 0 aliphatic rings. The standard InChI is InChI=1S/C8H17.Pb.2H/c1-3-5-7-8-6-4-2;;;/h1,3-8H2,2H3;;;. The van der Waals surface area contributed by atoms with E-state index < -0.39 is 0 Å². The van der Waals surface area contributed by atoms with Crippen LogP contribution in [0.2, 0.25) is 0 Å². The number of hydrogen-bond donors (Lipinski definition) is 0. The fraction of sp³-hybridized carbons (Fsp3) is 0.875. The van der Waals surface area contributed by atoms with E-state index in [0.717, 1.165) is 6.42 Å². The number of rotatable bonds is 5. The fourth-order valence-corrected chi connectivity index (χ4v) is 0.780. The summed E-state index contributed by atoms with van der Waals surface area (Å²) in [4.78, 5) is 0. The Kier molecular flexibility index (Phi) is 16.3.